The van der Waals surface area contributed by atoms with Crippen molar-refractivity contribution in [3.63, 3.8) is 0 Å². The Balaban J connectivity index is 1.77. The van der Waals surface area contributed by atoms with E-state index >= 15 is 0 Å². The summed E-state index contributed by atoms with van der Waals surface area (Å²) in [6.07, 6.45) is 2.75. The lowest BCUT2D eigenvalue weighted by molar-refractivity contribution is 0.273. The minimum absolute atomic E-state index is 0.0279. The number of aromatic nitrogens is 1. The quantitative estimate of drug-likeness (QED) is 0.755. The van der Waals surface area contributed by atoms with Gasteiger partial charge in [0, 0.05) is 38.6 Å². The van der Waals surface area contributed by atoms with E-state index in [-0.39, 0.29) is 41.5 Å². The van der Waals surface area contributed by atoms with Crippen LogP contribution in [0, 0.1) is 11.3 Å². The second-order valence-corrected chi connectivity index (χ2v) is 9.51. The van der Waals surface area contributed by atoms with Crippen molar-refractivity contribution in [3.8, 4) is 6.07 Å². The van der Waals surface area contributed by atoms with Gasteiger partial charge in [-0.05, 0) is 30.3 Å². The Bertz CT molecular complexity index is 1040. The average molecular weight is 392 g/mol. The number of nitriles is 1. The lowest BCUT2D eigenvalue weighted by Gasteiger charge is -2.33. The number of hydrogen-bond donors (Lipinski definition) is 0. The van der Waals surface area contributed by atoms with Gasteiger partial charge >= 0.3 is 0 Å². The molecule has 0 spiro atoms. The van der Waals surface area contributed by atoms with Crippen molar-refractivity contribution in [2.45, 2.75) is 9.79 Å². The summed E-state index contributed by atoms with van der Waals surface area (Å²) in [5.74, 6) is 0. The van der Waals surface area contributed by atoms with E-state index in [9.17, 15) is 16.8 Å². The van der Waals surface area contributed by atoms with Crippen molar-refractivity contribution in [2.24, 2.45) is 0 Å². The number of piperazine rings is 1. The Morgan fingerprint density at radius 2 is 1.46 bits per heavy atom. The first kappa shape index (κ1) is 18.5. The molecule has 0 amide bonds. The van der Waals surface area contributed by atoms with Crippen LogP contribution in [-0.2, 0) is 20.0 Å². The molecule has 1 aliphatic heterocycles. The van der Waals surface area contributed by atoms with Crippen molar-refractivity contribution in [2.75, 3.05) is 26.2 Å². The smallest absolute Gasteiger partial charge is 0.244 e. The Morgan fingerprint density at radius 1 is 0.885 bits per heavy atom. The van der Waals surface area contributed by atoms with Crippen molar-refractivity contribution >= 4 is 20.0 Å². The first-order valence-electron chi connectivity index (χ1n) is 7.76. The standard InChI is InChI=1S/C16H16N4O4S2/c17-12-14-3-1-4-15(11-14)25(21,22)19-7-9-20(10-8-19)26(23,24)16-5-2-6-18-13-16/h1-6,11,13H,7-10H2. The predicted octanol–water partition coefficient (Wildman–Crippen LogP) is 0.648. The van der Waals surface area contributed by atoms with E-state index in [1.54, 1.807) is 0 Å². The molecular formula is C16H16N4O4S2. The van der Waals surface area contributed by atoms with Crippen LogP contribution in [-0.4, -0.2) is 56.6 Å². The van der Waals surface area contributed by atoms with Gasteiger partial charge in [-0.1, -0.05) is 6.07 Å². The summed E-state index contributed by atoms with van der Waals surface area (Å²) >= 11 is 0. The summed E-state index contributed by atoms with van der Waals surface area (Å²) in [7, 11) is -7.48. The van der Waals surface area contributed by atoms with Crippen molar-refractivity contribution < 1.29 is 16.8 Å². The molecule has 0 N–H and O–H groups in total. The zero-order valence-corrected chi connectivity index (χ0v) is 15.3. The minimum atomic E-state index is -3.78. The number of benzene rings is 1. The van der Waals surface area contributed by atoms with Gasteiger partial charge in [-0.25, -0.2) is 16.8 Å². The summed E-state index contributed by atoms with van der Waals surface area (Å²) in [5, 5.41) is 8.93. The topological polar surface area (TPSA) is 111 Å². The maximum absolute atomic E-state index is 12.7. The molecule has 3 rings (SSSR count). The number of pyridine rings is 1. The molecule has 10 heteroatoms. The van der Waals surface area contributed by atoms with Crippen LogP contribution in [0.1, 0.15) is 5.56 Å². The zero-order chi connectivity index (χ0) is 18.8. The molecule has 1 aromatic heterocycles. The first-order valence-corrected chi connectivity index (χ1v) is 10.6. The maximum Gasteiger partial charge on any atom is 0.244 e. The highest BCUT2D eigenvalue weighted by Gasteiger charge is 2.33. The normalized spacial score (nSPS) is 16.9. The Hall–Kier alpha value is -2.32. The fourth-order valence-corrected chi connectivity index (χ4v) is 5.53. The third kappa shape index (κ3) is 3.47. The van der Waals surface area contributed by atoms with E-state index in [1.165, 1.54) is 57.4 Å². The van der Waals surface area contributed by atoms with Crippen LogP contribution in [0.4, 0.5) is 0 Å². The second kappa shape index (κ2) is 7.13. The molecule has 0 aliphatic carbocycles. The fourth-order valence-electron chi connectivity index (χ4n) is 2.67. The van der Waals surface area contributed by atoms with Gasteiger partial charge in [-0.3, -0.25) is 4.98 Å². The highest BCUT2D eigenvalue weighted by Crippen LogP contribution is 2.21. The number of nitrogens with zero attached hydrogens (tertiary/aromatic N) is 4. The van der Waals surface area contributed by atoms with Crippen molar-refractivity contribution in [3.05, 3.63) is 54.4 Å². The Kier molecular flexibility index (Phi) is 5.06. The Labute approximate surface area is 152 Å². The molecule has 136 valence electrons. The lowest BCUT2D eigenvalue weighted by Crippen LogP contribution is -2.50. The third-order valence-corrected chi connectivity index (χ3v) is 7.85. The van der Waals surface area contributed by atoms with Gasteiger partial charge in [0.25, 0.3) is 0 Å². The molecule has 0 radical (unpaired) electrons. The van der Waals surface area contributed by atoms with E-state index in [2.05, 4.69) is 4.98 Å². The van der Waals surface area contributed by atoms with Crippen LogP contribution >= 0.6 is 0 Å². The summed E-state index contributed by atoms with van der Waals surface area (Å²) in [5.41, 5.74) is 0.254. The summed E-state index contributed by atoms with van der Waals surface area (Å²) in [6, 6.07) is 10.7. The third-order valence-electron chi connectivity index (χ3n) is 4.07. The van der Waals surface area contributed by atoms with Gasteiger partial charge in [-0.15, -0.1) is 0 Å². The molecule has 1 aliphatic rings. The highest BCUT2D eigenvalue weighted by molar-refractivity contribution is 7.89. The SMILES string of the molecule is N#Cc1cccc(S(=O)(=O)N2CCN(S(=O)(=O)c3cccnc3)CC2)c1. The number of sulfonamides is 2. The maximum atomic E-state index is 12.7. The molecule has 8 nitrogen and oxygen atoms in total. The highest BCUT2D eigenvalue weighted by atomic mass is 32.2. The first-order chi connectivity index (χ1) is 12.4. The summed E-state index contributed by atoms with van der Waals surface area (Å²) in [4.78, 5) is 3.93. The molecule has 2 aromatic rings. The molecular weight excluding hydrogens is 376 g/mol. The van der Waals surface area contributed by atoms with Crippen LogP contribution in [0.25, 0.3) is 0 Å². The van der Waals surface area contributed by atoms with Gasteiger partial charge in [0.15, 0.2) is 0 Å². The summed E-state index contributed by atoms with van der Waals surface area (Å²) < 4.78 is 53.1. The largest absolute Gasteiger partial charge is 0.263 e. The molecule has 0 unspecified atom stereocenters. The predicted molar refractivity (Wildman–Crippen MR) is 92.9 cm³/mol. The molecule has 1 saturated heterocycles. The fraction of sp³-hybridized carbons (Fsp3) is 0.250. The van der Waals surface area contributed by atoms with Crippen molar-refractivity contribution in [1.82, 2.24) is 13.6 Å². The Morgan fingerprint density at radius 3 is 2.00 bits per heavy atom. The van der Waals surface area contributed by atoms with E-state index in [0.717, 1.165) is 0 Å². The van der Waals surface area contributed by atoms with E-state index < -0.39 is 20.0 Å². The number of rotatable bonds is 4. The zero-order valence-electron chi connectivity index (χ0n) is 13.7. The van der Waals surface area contributed by atoms with Crippen LogP contribution in [0.2, 0.25) is 0 Å². The van der Waals surface area contributed by atoms with Crippen LogP contribution in [0.15, 0.2) is 58.6 Å². The van der Waals surface area contributed by atoms with Crippen molar-refractivity contribution in [1.29, 1.82) is 5.26 Å². The van der Waals surface area contributed by atoms with Gasteiger partial charge in [0.2, 0.25) is 20.0 Å². The van der Waals surface area contributed by atoms with Gasteiger partial charge < -0.3 is 0 Å². The van der Waals surface area contributed by atoms with Crippen LogP contribution < -0.4 is 0 Å². The molecule has 0 bridgehead atoms. The second-order valence-electron chi connectivity index (χ2n) is 5.64. The molecule has 0 atom stereocenters. The molecule has 2 heterocycles. The summed E-state index contributed by atoms with van der Waals surface area (Å²) in [6.45, 7) is 0.181. The van der Waals surface area contributed by atoms with Crippen LogP contribution in [0.3, 0.4) is 0 Å². The number of hydrogen-bond acceptors (Lipinski definition) is 6. The van der Waals surface area contributed by atoms with Crippen LogP contribution in [0.5, 0.6) is 0 Å². The van der Waals surface area contributed by atoms with E-state index in [4.69, 9.17) is 5.26 Å². The molecule has 1 aromatic carbocycles. The monoisotopic (exact) mass is 392 g/mol. The van der Waals surface area contributed by atoms with Gasteiger partial charge in [0.1, 0.15) is 4.90 Å². The molecule has 26 heavy (non-hydrogen) atoms. The van der Waals surface area contributed by atoms with Gasteiger partial charge in [0.05, 0.1) is 16.5 Å². The van der Waals surface area contributed by atoms with Gasteiger partial charge in [-0.2, -0.15) is 13.9 Å². The minimum Gasteiger partial charge on any atom is -0.263 e. The molecule has 0 saturated carbocycles. The van der Waals surface area contributed by atoms with E-state index in [0.29, 0.717) is 0 Å². The lowest BCUT2D eigenvalue weighted by atomic mass is 10.2. The van der Waals surface area contributed by atoms with E-state index in [1.807, 2.05) is 6.07 Å². The molecule has 1 fully saturated rings. The average Bonchev–Trinajstić information content (AvgIpc) is 2.68.